The van der Waals surface area contributed by atoms with Gasteiger partial charge in [-0.3, -0.25) is 4.79 Å². The number of aromatic amines is 2. The van der Waals surface area contributed by atoms with Gasteiger partial charge in [-0.25, -0.2) is 14.8 Å². The average Bonchev–Trinajstić information content (AvgIpc) is 3.22. The Morgan fingerprint density at radius 3 is 2.60 bits per heavy atom. The van der Waals surface area contributed by atoms with Crippen LogP contribution in [0.25, 0.3) is 33.7 Å². The number of fused-ring (bicyclic) bond motifs is 1. The number of nitrogens with zero attached hydrogens (tertiary/aromatic N) is 2. The summed E-state index contributed by atoms with van der Waals surface area (Å²) in [6.07, 6.45) is 1.42. The fraction of sp³-hybridized carbons (Fsp3) is 0.143. The Morgan fingerprint density at radius 1 is 1.10 bits per heavy atom. The first-order valence-electron chi connectivity index (χ1n) is 9.21. The third-order valence-electron chi connectivity index (χ3n) is 4.38. The number of carboxylic acids is 1. The van der Waals surface area contributed by atoms with Gasteiger partial charge in [0.25, 0.3) is 5.56 Å². The number of H-pyrrole nitrogens is 2. The Bertz CT molecular complexity index is 1260. The summed E-state index contributed by atoms with van der Waals surface area (Å²) in [6, 6.07) is 12.7. The minimum atomic E-state index is -1.03. The number of carbonyl (C=O) groups is 1. The van der Waals surface area contributed by atoms with Crippen LogP contribution in [0, 0.1) is 0 Å². The maximum Gasteiger partial charge on any atom is 0.341 e. The Kier molecular flexibility index (Phi) is 5.17. The molecule has 0 fully saturated rings. The van der Waals surface area contributed by atoms with Crippen molar-refractivity contribution in [1.82, 2.24) is 19.9 Å². The fourth-order valence-electron chi connectivity index (χ4n) is 3.03. The zero-order valence-electron chi connectivity index (χ0n) is 16.0. The number of hydrogen-bond donors (Lipinski definition) is 3. The molecule has 0 spiro atoms. The molecule has 0 bridgehead atoms. The molecule has 3 N–H and O–H groups in total. The maximum absolute atomic E-state index is 12.3. The van der Waals surface area contributed by atoms with E-state index in [4.69, 9.17) is 14.6 Å². The highest BCUT2D eigenvalue weighted by atomic mass is 16.5. The molecule has 30 heavy (non-hydrogen) atoms. The lowest BCUT2D eigenvalue weighted by molar-refractivity contribution is -0.139. The Balaban J connectivity index is 1.69. The number of aromatic nitrogens is 4. The van der Waals surface area contributed by atoms with Gasteiger partial charge in [0, 0.05) is 0 Å². The highest BCUT2D eigenvalue weighted by Gasteiger charge is 2.14. The first kappa shape index (κ1) is 19.2. The molecule has 2 heterocycles. The fourth-order valence-corrected chi connectivity index (χ4v) is 3.03. The van der Waals surface area contributed by atoms with Crippen LogP contribution < -0.4 is 15.0 Å². The van der Waals surface area contributed by atoms with Crippen LogP contribution >= 0.6 is 0 Å². The lowest BCUT2D eigenvalue weighted by atomic mass is 10.0. The second-order valence-corrected chi connectivity index (χ2v) is 6.37. The van der Waals surface area contributed by atoms with Crippen LogP contribution in [0.2, 0.25) is 0 Å². The molecule has 9 heteroatoms. The van der Waals surface area contributed by atoms with E-state index in [0.29, 0.717) is 35.1 Å². The largest absolute Gasteiger partial charge is 0.493 e. The number of ether oxygens (including phenoxy) is 2. The van der Waals surface area contributed by atoms with Gasteiger partial charge in [0.1, 0.15) is 17.3 Å². The number of aliphatic carboxylic acids is 1. The number of benzene rings is 2. The predicted octanol–water partition coefficient (Wildman–Crippen LogP) is 2.84. The number of nitrogens with one attached hydrogen (secondary N) is 2. The summed E-state index contributed by atoms with van der Waals surface area (Å²) in [5.74, 6) is 0.390. The van der Waals surface area contributed by atoms with E-state index in [1.54, 1.807) is 12.1 Å². The summed E-state index contributed by atoms with van der Waals surface area (Å²) in [6.45, 7) is 1.92. The molecule has 0 aliphatic heterocycles. The van der Waals surface area contributed by atoms with Crippen LogP contribution in [0.1, 0.15) is 6.92 Å². The molecular weight excluding hydrogens is 388 g/mol. The van der Waals surface area contributed by atoms with Crippen LogP contribution in [0.3, 0.4) is 0 Å². The van der Waals surface area contributed by atoms with E-state index >= 15 is 0 Å². The summed E-state index contributed by atoms with van der Waals surface area (Å²) < 4.78 is 11.0. The number of rotatable bonds is 7. The molecule has 0 unspecified atom stereocenters. The summed E-state index contributed by atoms with van der Waals surface area (Å²) in [5.41, 5.74) is 2.75. The van der Waals surface area contributed by atoms with E-state index < -0.39 is 12.6 Å². The topological polar surface area (TPSA) is 130 Å². The third-order valence-corrected chi connectivity index (χ3v) is 4.38. The molecule has 152 valence electrons. The molecule has 0 atom stereocenters. The molecule has 2 aromatic heterocycles. The maximum atomic E-state index is 12.3. The average molecular weight is 406 g/mol. The van der Waals surface area contributed by atoms with Gasteiger partial charge in [-0.2, -0.15) is 0 Å². The summed E-state index contributed by atoms with van der Waals surface area (Å²) in [4.78, 5) is 36.9. The first-order valence-corrected chi connectivity index (χ1v) is 9.21. The van der Waals surface area contributed by atoms with Crippen LogP contribution in [0.15, 0.2) is 53.6 Å². The predicted molar refractivity (Wildman–Crippen MR) is 110 cm³/mol. The normalized spacial score (nSPS) is 10.8. The van der Waals surface area contributed by atoms with Crippen LogP contribution in [0.4, 0.5) is 0 Å². The molecule has 0 saturated carbocycles. The Labute approximate surface area is 170 Å². The number of imidazole rings is 1. The molecule has 4 aromatic rings. The highest BCUT2D eigenvalue weighted by molar-refractivity contribution is 5.77. The molecule has 4 rings (SSSR count). The highest BCUT2D eigenvalue weighted by Crippen LogP contribution is 2.33. The minimum absolute atomic E-state index is 0.249. The third kappa shape index (κ3) is 3.86. The van der Waals surface area contributed by atoms with Gasteiger partial charge in [0.15, 0.2) is 17.8 Å². The van der Waals surface area contributed by atoms with Gasteiger partial charge in [0.05, 0.1) is 18.5 Å². The molecule has 0 aliphatic rings. The van der Waals surface area contributed by atoms with Crippen molar-refractivity contribution in [2.75, 3.05) is 13.2 Å². The zero-order chi connectivity index (χ0) is 21.1. The Morgan fingerprint density at radius 2 is 1.87 bits per heavy atom. The molecular formula is C21H18N4O5. The van der Waals surface area contributed by atoms with Crippen molar-refractivity contribution in [2.45, 2.75) is 6.92 Å². The second kappa shape index (κ2) is 8.08. The van der Waals surface area contributed by atoms with Gasteiger partial charge in [-0.15, -0.1) is 0 Å². The van der Waals surface area contributed by atoms with E-state index in [1.807, 2.05) is 37.3 Å². The minimum Gasteiger partial charge on any atom is -0.493 e. The molecule has 0 aliphatic carbocycles. The summed E-state index contributed by atoms with van der Waals surface area (Å²) in [5, 5.41) is 8.70. The lowest BCUT2D eigenvalue weighted by Crippen LogP contribution is -2.10. The van der Waals surface area contributed by atoms with Crippen molar-refractivity contribution in [3.05, 3.63) is 59.1 Å². The summed E-state index contributed by atoms with van der Waals surface area (Å²) in [7, 11) is 0. The van der Waals surface area contributed by atoms with Gasteiger partial charge < -0.3 is 24.5 Å². The van der Waals surface area contributed by atoms with Crippen molar-refractivity contribution < 1.29 is 19.4 Å². The van der Waals surface area contributed by atoms with Crippen molar-refractivity contribution in [2.24, 2.45) is 0 Å². The van der Waals surface area contributed by atoms with E-state index in [-0.39, 0.29) is 11.1 Å². The standard InChI is InChI=1S/C21H18N4O5/c1-2-29-16-9-13(12-3-6-14(7-4-12)30-10-17(26)27)5-8-15(16)19-24-20-18(21(28)25-19)22-11-23-20/h3-9,11H,2,10H2,1H3,(H,26,27)(H2,22,23,24,25,28). The van der Waals surface area contributed by atoms with Crippen molar-refractivity contribution in [1.29, 1.82) is 0 Å². The van der Waals surface area contributed by atoms with Crippen molar-refractivity contribution in [3.63, 3.8) is 0 Å². The first-order chi connectivity index (χ1) is 14.5. The van der Waals surface area contributed by atoms with Gasteiger partial charge in [-0.1, -0.05) is 18.2 Å². The Hall–Kier alpha value is -4.14. The monoisotopic (exact) mass is 406 g/mol. The van der Waals surface area contributed by atoms with Crippen LogP contribution in [-0.2, 0) is 4.79 Å². The van der Waals surface area contributed by atoms with Gasteiger partial charge >= 0.3 is 5.97 Å². The van der Waals surface area contributed by atoms with Crippen molar-refractivity contribution in [3.8, 4) is 34.0 Å². The lowest BCUT2D eigenvalue weighted by Gasteiger charge is -2.12. The molecule has 0 saturated heterocycles. The second-order valence-electron chi connectivity index (χ2n) is 6.37. The summed E-state index contributed by atoms with van der Waals surface area (Å²) >= 11 is 0. The van der Waals surface area contributed by atoms with E-state index in [2.05, 4.69) is 19.9 Å². The van der Waals surface area contributed by atoms with Gasteiger partial charge in [-0.05, 0) is 42.3 Å². The molecule has 2 aromatic carbocycles. The SMILES string of the molecule is CCOc1cc(-c2ccc(OCC(=O)O)cc2)ccc1-c1nc2[nH]cnc2c(=O)[nH]1. The molecule has 0 amide bonds. The molecule has 9 nitrogen and oxygen atoms in total. The quantitative estimate of drug-likeness (QED) is 0.430. The molecule has 0 radical (unpaired) electrons. The van der Waals surface area contributed by atoms with Crippen LogP contribution in [0.5, 0.6) is 11.5 Å². The van der Waals surface area contributed by atoms with E-state index in [9.17, 15) is 9.59 Å². The zero-order valence-corrected chi connectivity index (χ0v) is 16.0. The van der Waals surface area contributed by atoms with Gasteiger partial charge in [0.2, 0.25) is 0 Å². The number of carboxylic acid groups (broad SMARTS) is 1. The van der Waals surface area contributed by atoms with Crippen LogP contribution in [-0.4, -0.2) is 44.2 Å². The van der Waals surface area contributed by atoms with Crippen molar-refractivity contribution >= 4 is 17.1 Å². The van der Waals surface area contributed by atoms with E-state index in [0.717, 1.165) is 11.1 Å². The smallest absolute Gasteiger partial charge is 0.341 e. The number of hydrogen-bond acceptors (Lipinski definition) is 6. The van der Waals surface area contributed by atoms with E-state index in [1.165, 1.54) is 6.33 Å².